The molecule has 36 heavy (non-hydrogen) atoms. The van der Waals surface area contributed by atoms with E-state index in [1.807, 2.05) is 12.1 Å². The van der Waals surface area contributed by atoms with E-state index in [0.717, 1.165) is 28.2 Å². The first-order valence-corrected chi connectivity index (χ1v) is 12.3. The summed E-state index contributed by atoms with van der Waals surface area (Å²) in [7, 11) is 0. The van der Waals surface area contributed by atoms with E-state index in [0.29, 0.717) is 25.1 Å². The largest absolute Gasteiger partial charge is 0.389 e. The van der Waals surface area contributed by atoms with Crippen molar-refractivity contribution in [3.63, 3.8) is 0 Å². The number of hydrogen-bond acceptors (Lipinski definition) is 7. The minimum absolute atomic E-state index is 0.132. The van der Waals surface area contributed by atoms with Gasteiger partial charge in [0.2, 0.25) is 5.95 Å². The lowest BCUT2D eigenvalue weighted by Gasteiger charge is -2.35. The molecular formula is C26H30F3N5O2. The highest BCUT2D eigenvalue weighted by Crippen LogP contribution is 2.38. The van der Waals surface area contributed by atoms with Gasteiger partial charge in [0.25, 0.3) is 5.92 Å². The van der Waals surface area contributed by atoms with E-state index >= 15 is 0 Å². The maximum Gasteiger partial charge on any atom is 0.251 e. The number of nitrogens with one attached hydrogen (secondary N) is 2. The Hall–Kier alpha value is -2.82. The van der Waals surface area contributed by atoms with Gasteiger partial charge in [-0.1, -0.05) is 19.9 Å². The molecule has 1 aromatic carbocycles. The molecule has 2 aromatic heterocycles. The molecule has 1 aliphatic carbocycles. The molecule has 10 heteroatoms. The van der Waals surface area contributed by atoms with Crippen molar-refractivity contribution in [1.82, 2.24) is 20.3 Å². The zero-order valence-corrected chi connectivity index (χ0v) is 20.3. The lowest BCUT2D eigenvalue weighted by molar-refractivity contribution is -0.0930. The molecule has 0 amide bonds. The lowest BCUT2D eigenvalue weighted by Crippen LogP contribution is -2.48. The quantitative estimate of drug-likeness (QED) is 0.442. The summed E-state index contributed by atoms with van der Waals surface area (Å²) in [6.45, 7) is 5.30. The molecule has 1 saturated heterocycles. The van der Waals surface area contributed by atoms with E-state index in [-0.39, 0.29) is 49.1 Å². The zero-order valence-electron chi connectivity index (χ0n) is 20.3. The monoisotopic (exact) mass is 501 g/mol. The van der Waals surface area contributed by atoms with Gasteiger partial charge in [0, 0.05) is 49.2 Å². The number of aliphatic hydroxyl groups is 1. The fraction of sp³-hybridized carbons (Fsp3) is 0.500. The first-order chi connectivity index (χ1) is 17.2. The van der Waals surface area contributed by atoms with Gasteiger partial charge in [0.05, 0.1) is 30.5 Å². The molecule has 2 fully saturated rings. The third-order valence-electron chi connectivity index (χ3n) is 6.90. The Morgan fingerprint density at radius 1 is 1.19 bits per heavy atom. The van der Waals surface area contributed by atoms with Crippen LogP contribution in [0.4, 0.5) is 19.1 Å². The summed E-state index contributed by atoms with van der Waals surface area (Å²) in [5.74, 6) is -2.77. The topological polar surface area (TPSA) is 92.2 Å². The molecule has 0 spiro atoms. The van der Waals surface area contributed by atoms with E-state index in [1.54, 1.807) is 12.3 Å². The van der Waals surface area contributed by atoms with Crippen LogP contribution in [0.1, 0.15) is 50.2 Å². The number of hydrogen-bond donors (Lipinski definition) is 3. The van der Waals surface area contributed by atoms with Crippen LogP contribution >= 0.6 is 0 Å². The van der Waals surface area contributed by atoms with Crippen molar-refractivity contribution in [2.45, 2.75) is 69.7 Å². The van der Waals surface area contributed by atoms with Crippen molar-refractivity contribution in [2.24, 2.45) is 0 Å². The Morgan fingerprint density at radius 2 is 2.00 bits per heavy atom. The number of alkyl halides is 2. The van der Waals surface area contributed by atoms with Crippen LogP contribution in [0.3, 0.4) is 0 Å². The maximum absolute atomic E-state index is 14.9. The summed E-state index contributed by atoms with van der Waals surface area (Å²) in [5.41, 5.74) is 3.46. The molecule has 0 bridgehead atoms. The molecule has 1 saturated carbocycles. The van der Waals surface area contributed by atoms with E-state index in [1.165, 1.54) is 0 Å². The Kier molecular flexibility index (Phi) is 6.84. The van der Waals surface area contributed by atoms with E-state index in [9.17, 15) is 18.3 Å². The third-order valence-corrected chi connectivity index (χ3v) is 6.90. The van der Waals surface area contributed by atoms with Crippen molar-refractivity contribution in [3.05, 3.63) is 47.5 Å². The normalized spacial score (nSPS) is 22.1. The smallest absolute Gasteiger partial charge is 0.251 e. The van der Waals surface area contributed by atoms with Crippen LogP contribution in [0.5, 0.6) is 0 Å². The number of fused-ring (bicyclic) bond motifs is 1. The maximum atomic E-state index is 14.9. The molecule has 3 N–H and O–H groups in total. The molecule has 3 aromatic rings. The number of ether oxygens (including phenoxy) is 1. The fourth-order valence-corrected chi connectivity index (χ4v) is 4.98. The van der Waals surface area contributed by atoms with Crippen LogP contribution in [0.2, 0.25) is 0 Å². The van der Waals surface area contributed by atoms with Gasteiger partial charge in [-0.25, -0.2) is 23.1 Å². The predicted molar refractivity (Wildman–Crippen MR) is 130 cm³/mol. The SMILES string of the molecule is CC(C)c1c(CNC2CC(F)(F)C2)cnc2ccc(-c3nc(N[C@@H]4CCOC[C@H]4O)ncc3F)cc12. The summed E-state index contributed by atoms with van der Waals surface area (Å²) in [6.07, 6.45) is 2.50. The molecule has 2 atom stereocenters. The second kappa shape index (κ2) is 9.91. The highest BCUT2D eigenvalue weighted by Gasteiger charge is 2.44. The van der Waals surface area contributed by atoms with Gasteiger partial charge in [-0.2, -0.15) is 0 Å². The predicted octanol–water partition coefficient (Wildman–Crippen LogP) is 4.40. The summed E-state index contributed by atoms with van der Waals surface area (Å²) in [6, 6.07) is 4.98. The average molecular weight is 502 g/mol. The van der Waals surface area contributed by atoms with Gasteiger partial charge in [-0.15, -0.1) is 0 Å². The van der Waals surface area contributed by atoms with E-state index in [4.69, 9.17) is 4.74 Å². The van der Waals surface area contributed by atoms with Gasteiger partial charge < -0.3 is 20.5 Å². The molecule has 0 radical (unpaired) electrons. The number of pyridine rings is 1. The zero-order chi connectivity index (χ0) is 25.4. The number of nitrogens with zero attached hydrogens (tertiary/aromatic N) is 3. The van der Waals surface area contributed by atoms with Crippen LogP contribution in [0.25, 0.3) is 22.2 Å². The summed E-state index contributed by atoms with van der Waals surface area (Å²) < 4.78 is 46.6. The first-order valence-electron chi connectivity index (χ1n) is 12.3. The average Bonchev–Trinajstić information content (AvgIpc) is 2.83. The first kappa shape index (κ1) is 24.9. The number of halogens is 3. The van der Waals surface area contributed by atoms with Crippen molar-refractivity contribution in [3.8, 4) is 11.3 Å². The molecule has 0 unspecified atom stereocenters. The van der Waals surface area contributed by atoms with Gasteiger partial charge in [0.1, 0.15) is 5.69 Å². The third kappa shape index (κ3) is 5.16. The standard InChI is InChI=1S/C26H30F3N5O2/c1-14(2)23-16(10-30-17-8-26(28,29)9-17)11-31-20-4-3-15(7-18(20)23)24-19(27)12-32-25(34-24)33-21-5-6-36-13-22(21)35/h3-4,7,11-12,14,17,21-22,30,35H,5-6,8-10,13H2,1-2H3,(H,32,33,34)/t21-,22-/m1/s1. The van der Waals surface area contributed by atoms with Gasteiger partial charge in [-0.3, -0.25) is 4.98 Å². The molecule has 7 nitrogen and oxygen atoms in total. The molecular weight excluding hydrogens is 471 g/mol. The Bertz CT molecular complexity index is 1250. The second-order valence-corrected chi connectivity index (χ2v) is 10.00. The summed E-state index contributed by atoms with van der Waals surface area (Å²) in [5, 5.41) is 17.3. The van der Waals surface area contributed by atoms with Crippen molar-refractivity contribution in [1.29, 1.82) is 0 Å². The van der Waals surface area contributed by atoms with Crippen molar-refractivity contribution in [2.75, 3.05) is 18.5 Å². The number of aliphatic hydroxyl groups excluding tert-OH is 1. The fourth-order valence-electron chi connectivity index (χ4n) is 4.98. The Balaban J connectivity index is 1.45. The van der Waals surface area contributed by atoms with Gasteiger partial charge in [-0.05, 0) is 35.6 Å². The van der Waals surface area contributed by atoms with E-state index in [2.05, 4.69) is 39.4 Å². The number of anilines is 1. The van der Waals surface area contributed by atoms with Crippen molar-refractivity contribution >= 4 is 16.9 Å². The number of benzene rings is 1. The van der Waals surface area contributed by atoms with Gasteiger partial charge >= 0.3 is 0 Å². The molecule has 192 valence electrons. The highest BCUT2D eigenvalue weighted by molar-refractivity contribution is 5.88. The van der Waals surface area contributed by atoms with Crippen LogP contribution in [0.15, 0.2) is 30.6 Å². The minimum atomic E-state index is -2.58. The molecule has 5 rings (SSSR count). The van der Waals surface area contributed by atoms with Crippen molar-refractivity contribution < 1.29 is 23.0 Å². The summed E-state index contributed by atoms with van der Waals surface area (Å²) >= 11 is 0. The molecule has 2 aliphatic rings. The Morgan fingerprint density at radius 3 is 2.72 bits per heavy atom. The highest BCUT2D eigenvalue weighted by atomic mass is 19.3. The van der Waals surface area contributed by atoms with Crippen LogP contribution in [0, 0.1) is 5.82 Å². The van der Waals surface area contributed by atoms with Crippen LogP contribution in [-0.4, -0.2) is 57.4 Å². The molecule has 3 heterocycles. The van der Waals surface area contributed by atoms with E-state index < -0.39 is 17.8 Å². The van der Waals surface area contributed by atoms with Crippen LogP contribution < -0.4 is 10.6 Å². The van der Waals surface area contributed by atoms with Gasteiger partial charge in [0.15, 0.2) is 5.82 Å². The lowest BCUT2D eigenvalue weighted by atomic mass is 9.87. The summed E-state index contributed by atoms with van der Waals surface area (Å²) in [4.78, 5) is 13.0. The van der Waals surface area contributed by atoms with Crippen LogP contribution in [-0.2, 0) is 11.3 Å². The number of aromatic nitrogens is 3. The Labute approximate surface area is 207 Å². The second-order valence-electron chi connectivity index (χ2n) is 10.00. The molecule has 1 aliphatic heterocycles. The number of rotatable bonds is 7. The minimum Gasteiger partial charge on any atom is -0.389 e.